The molecule has 3 rings (SSSR count). The summed E-state index contributed by atoms with van der Waals surface area (Å²) < 4.78 is 5.09. The molecule has 0 saturated heterocycles. The van der Waals surface area contributed by atoms with Crippen LogP contribution in [0.15, 0.2) is 42.0 Å². The third kappa shape index (κ3) is 2.73. The lowest BCUT2D eigenvalue weighted by Crippen LogP contribution is -1.90. The maximum atomic E-state index is 8.95. The van der Waals surface area contributed by atoms with Crippen LogP contribution < -0.4 is 4.74 Å². The molecule has 0 saturated carbocycles. The molecule has 0 aliphatic heterocycles. The van der Waals surface area contributed by atoms with Crippen molar-refractivity contribution in [1.82, 2.24) is 15.0 Å². The van der Waals surface area contributed by atoms with Gasteiger partial charge in [-0.1, -0.05) is 12.1 Å². The van der Waals surface area contributed by atoms with Crippen molar-refractivity contribution >= 4 is 11.3 Å². The minimum absolute atomic E-state index is 0.503. The van der Waals surface area contributed by atoms with Gasteiger partial charge in [-0.25, -0.2) is 15.0 Å². The molecule has 21 heavy (non-hydrogen) atoms. The Hall–Kier alpha value is -2.78. The highest BCUT2D eigenvalue weighted by atomic mass is 32.1. The number of rotatable bonds is 3. The fourth-order valence-corrected chi connectivity index (χ4v) is 2.64. The highest BCUT2D eigenvalue weighted by Crippen LogP contribution is 2.28. The zero-order valence-electron chi connectivity index (χ0n) is 11.1. The molecule has 2 aromatic heterocycles. The normalized spacial score (nSPS) is 10.1. The van der Waals surface area contributed by atoms with Gasteiger partial charge in [0.1, 0.15) is 17.0 Å². The summed E-state index contributed by atoms with van der Waals surface area (Å²) in [6.07, 6.45) is 1.45. The van der Waals surface area contributed by atoms with E-state index in [1.54, 1.807) is 19.2 Å². The molecule has 0 atom stereocenters. The van der Waals surface area contributed by atoms with Crippen molar-refractivity contribution in [3.63, 3.8) is 0 Å². The average Bonchev–Trinajstić information content (AvgIpc) is 3.05. The lowest BCUT2D eigenvalue weighted by molar-refractivity contribution is 0.397. The van der Waals surface area contributed by atoms with Gasteiger partial charge in [0.15, 0.2) is 0 Å². The van der Waals surface area contributed by atoms with Crippen LogP contribution in [0.25, 0.3) is 22.0 Å². The number of aromatic nitrogens is 3. The van der Waals surface area contributed by atoms with Crippen LogP contribution in [0.4, 0.5) is 0 Å². The van der Waals surface area contributed by atoms with Gasteiger partial charge in [0.2, 0.25) is 5.88 Å². The summed E-state index contributed by atoms with van der Waals surface area (Å²) in [5, 5.41) is 11.7. The number of nitriles is 1. The second kappa shape index (κ2) is 5.69. The fraction of sp³-hybridized carbons (Fsp3) is 0.0667. The van der Waals surface area contributed by atoms with Crippen LogP contribution in [0.3, 0.4) is 0 Å². The van der Waals surface area contributed by atoms with Crippen LogP contribution in [0, 0.1) is 11.3 Å². The number of benzene rings is 1. The van der Waals surface area contributed by atoms with Gasteiger partial charge in [-0.2, -0.15) is 5.26 Å². The molecule has 0 N–H and O–H groups in total. The molecule has 0 unspecified atom stereocenters. The Morgan fingerprint density at radius 1 is 1.19 bits per heavy atom. The number of nitrogens with zero attached hydrogens (tertiary/aromatic N) is 4. The summed E-state index contributed by atoms with van der Waals surface area (Å²) in [5.74, 6) is 0.503. The Labute approximate surface area is 125 Å². The smallest absolute Gasteiger partial charge is 0.216 e. The summed E-state index contributed by atoms with van der Waals surface area (Å²) in [4.78, 5) is 12.7. The van der Waals surface area contributed by atoms with Crippen molar-refractivity contribution in [2.45, 2.75) is 0 Å². The molecule has 2 heterocycles. The minimum atomic E-state index is 0.503. The third-order valence-corrected chi connectivity index (χ3v) is 3.73. The summed E-state index contributed by atoms with van der Waals surface area (Å²) >= 11 is 1.49. The van der Waals surface area contributed by atoms with Crippen molar-refractivity contribution in [3.05, 3.63) is 47.6 Å². The van der Waals surface area contributed by atoms with E-state index in [4.69, 9.17) is 10.00 Å². The molecular formula is C15H10N4OS. The van der Waals surface area contributed by atoms with E-state index in [1.165, 1.54) is 17.7 Å². The van der Waals surface area contributed by atoms with E-state index in [9.17, 15) is 0 Å². The lowest BCUT2D eigenvalue weighted by Gasteiger charge is -1.99. The number of thiazole rings is 1. The Kier molecular flexibility index (Phi) is 3.58. The second-order valence-corrected chi connectivity index (χ2v) is 5.03. The van der Waals surface area contributed by atoms with Gasteiger partial charge < -0.3 is 4.74 Å². The standard InChI is InChI=1S/C15H10N4OS/c1-20-14-6-12(17-9-18-14)15-19-13(8-21-15)11-4-2-3-10(5-11)7-16/h2-6,8-9H,1H3. The predicted molar refractivity (Wildman–Crippen MR) is 79.8 cm³/mol. The first-order valence-corrected chi connectivity index (χ1v) is 7.00. The first kappa shape index (κ1) is 13.2. The van der Waals surface area contributed by atoms with E-state index in [1.807, 2.05) is 23.6 Å². The SMILES string of the molecule is COc1cc(-c2nc(-c3cccc(C#N)c3)cs2)ncn1. The number of methoxy groups -OCH3 is 1. The lowest BCUT2D eigenvalue weighted by atomic mass is 10.1. The van der Waals surface area contributed by atoms with Gasteiger partial charge in [0.25, 0.3) is 0 Å². The molecule has 0 spiro atoms. The molecule has 0 aliphatic rings. The van der Waals surface area contributed by atoms with Crippen LogP contribution in [-0.2, 0) is 0 Å². The Bertz CT molecular complexity index is 822. The quantitative estimate of drug-likeness (QED) is 0.742. The summed E-state index contributed by atoms with van der Waals surface area (Å²) in [7, 11) is 1.56. The topological polar surface area (TPSA) is 71.7 Å². The zero-order chi connectivity index (χ0) is 14.7. The van der Waals surface area contributed by atoms with Gasteiger partial charge in [0.05, 0.1) is 24.4 Å². The summed E-state index contributed by atoms with van der Waals surface area (Å²) in [6, 6.07) is 11.2. The van der Waals surface area contributed by atoms with Gasteiger partial charge in [-0.05, 0) is 12.1 Å². The van der Waals surface area contributed by atoms with Crippen LogP contribution in [0.1, 0.15) is 5.56 Å². The molecule has 0 fully saturated rings. The molecule has 5 nitrogen and oxygen atoms in total. The number of hydrogen-bond acceptors (Lipinski definition) is 6. The minimum Gasteiger partial charge on any atom is -0.481 e. The van der Waals surface area contributed by atoms with E-state index >= 15 is 0 Å². The van der Waals surface area contributed by atoms with Crippen molar-refractivity contribution in [3.8, 4) is 33.9 Å². The van der Waals surface area contributed by atoms with Crippen molar-refractivity contribution in [2.24, 2.45) is 0 Å². The molecule has 1 aromatic carbocycles. The van der Waals surface area contributed by atoms with E-state index in [2.05, 4.69) is 21.0 Å². The monoisotopic (exact) mass is 294 g/mol. The number of hydrogen-bond donors (Lipinski definition) is 0. The Morgan fingerprint density at radius 2 is 2.10 bits per heavy atom. The average molecular weight is 294 g/mol. The van der Waals surface area contributed by atoms with Crippen LogP contribution >= 0.6 is 11.3 Å². The largest absolute Gasteiger partial charge is 0.481 e. The fourth-order valence-electron chi connectivity index (χ4n) is 1.84. The highest BCUT2D eigenvalue weighted by molar-refractivity contribution is 7.13. The summed E-state index contributed by atoms with van der Waals surface area (Å²) in [5.41, 5.74) is 3.07. The van der Waals surface area contributed by atoms with Crippen molar-refractivity contribution in [1.29, 1.82) is 5.26 Å². The third-order valence-electron chi connectivity index (χ3n) is 2.86. The first-order valence-electron chi connectivity index (χ1n) is 6.12. The maximum absolute atomic E-state index is 8.95. The number of ether oxygens (including phenoxy) is 1. The molecule has 0 radical (unpaired) electrons. The van der Waals surface area contributed by atoms with E-state index in [-0.39, 0.29) is 0 Å². The molecule has 0 amide bonds. The van der Waals surface area contributed by atoms with Crippen LogP contribution in [0.5, 0.6) is 5.88 Å². The van der Waals surface area contributed by atoms with Gasteiger partial charge >= 0.3 is 0 Å². The van der Waals surface area contributed by atoms with Gasteiger partial charge in [0, 0.05) is 17.0 Å². The molecule has 0 aliphatic carbocycles. The Balaban J connectivity index is 1.97. The molecule has 102 valence electrons. The van der Waals surface area contributed by atoms with E-state index in [0.29, 0.717) is 11.4 Å². The van der Waals surface area contributed by atoms with Gasteiger partial charge in [-0.15, -0.1) is 11.3 Å². The van der Waals surface area contributed by atoms with E-state index < -0.39 is 0 Å². The molecule has 6 heteroatoms. The molecule has 0 bridgehead atoms. The molecule has 3 aromatic rings. The van der Waals surface area contributed by atoms with Crippen LogP contribution in [-0.4, -0.2) is 22.1 Å². The predicted octanol–water partition coefficient (Wildman–Crippen LogP) is 3.15. The Morgan fingerprint density at radius 3 is 2.90 bits per heavy atom. The van der Waals surface area contributed by atoms with Crippen molar-refractivity contribution in [2.75, 3.05) is 7.11 Å². The van der Waals surface area contributed by atoms with Crippen molar-refractivity contribution < 1.29 is 4.74 Å². The zero-order valence-corrected chi connectivity index (χ0v) is 12.0. The highest BCUT2D eigenvalue weighted by Gasteiger charge is 2.09. The maximum Gasteiger partial charge on any atom is 0.216 e. The van der Waals surface area contributed by atoms with Crippen LogP contribution in [0.2, 0.25) is 0 Å². The van der Waals surface area contributed by atoms with E-state index in [0.717, 1.165) is 22.0 Å². The molecular weight excluding hydrogens is 284 g/mol. The summed E-state index contributed by atoms with van der Waals surface area (Å²) in [6.45, 7) is 0. The van der Waals surface area contributed by atoms with Gasteiger partial charge in [-0.3, -0.25) is 0 Å². The second-order valence-electron chi connectivity index (χ2n) is 4.18. The first-order chi connectivity index (χ1) is 10.3.